The molecule has 0 bridgehead atoms. The minimum atomic E-state index is -0.0590. The molecule has 0 aromatic carbocycles. The zero-order valence-corrected chi connectivity index (χ0v) is 5.96. The molecule has 0 atom stereocenters. The van der Waals surface area contributed by atoms with Crippen molar-refractivity contribution >= 4 is 6.21 Å². The molecule has 2 nitrogen and oxygen atoms in total. The zero-order valence-electron chi connectivity index (χ0n) is 5.96. The van der Waals surface area contributed by atoms with Crippen molar-refractivity contribution in [3.63, 3.8) is 0 Å². The Bertz CT molecular complexity index is 116. The summed E-state index contributed by atoms with van der Waals surface area (Å²) < 4.78 is 0. The van der Waals surface area contributed by atoms with Gasteiger partial charge in [-0.2, -0.15) is 0 Å². The van der Waals surface area contributed by atoms with E-state index in [1.165, 1.54) is 6.21 Å². The lowest BCUT2D eigenvalue weighted by atomic mass is 9.91. The molecule has 0 amide bonds. The molecule has 0 rings (SSSR count). The van der Waals surface area contributed by atoms with Gasteiger partial charge in [-0.3, -0.25) is 0 Å². The largest absolute Gasteiger partial charge is 0.411 e. The van der Waals surface area contributed by atoms with Crippen LogP contribution in [0.1, 0.15) is 20.3 Å². The van der Waals surface area contributed by atoms with Crippen LogP contribution >= 0.6 is 0 Å². The van der Waals surface area contributed by atoms with E-state index in [0.29, 0.717) is 0 Å². The highest BCUT2D eigenvalue weighted by atomic mass is 16.4. The topological polar surface area (TPSA) is 32.6 Å². The van der Waals surface area contributed by atoms with Gasteiger partial charge in [0.2, 0.25) is 0 Å². The first kappa shape index (κ1) is 8.21. The third-order valence-electron chi connectivity index (χ3n) is 1.08. The van der Waals surface area contributed by atoms with Crippen LogP contribution in [0.2, 0.25) is 0 Å². The Morgan fingerprint density at radius 3 is 2.56 bits per heavy atom. The zero-order chi connectivity index (χ0) is 7.33. The SMILES string of the molecule is C=CCC(C)(C)/C=N\O. The number of hydrogen-bond donors (Lipinski definition) is 1. The normalized spacial score (nSPS) is 12.2. The summed E-state index contributed by atoms with van der Waals surface area (Å²) in [6.45, 7) is 7.55. The van der Waals surface area contributed by atoms with Crippen LogP contribution in [0.25, 0.3) is 0 Å². The van der Waals surface area contributed by atoms with E-state index in [2.05, 4.69) is 11.7 Å². The van der Waals surface area contributed by atoms with Gasteiger partial charge in [-0.15, -0.1) is 11.7 Å². The standard InChI is InChI=1S/C7H13NO/c1-4-5-7(2,3)6-8-9/h4,6,9H,1,5H2,2-3H3/b8-6-. The van der Waals surface area contributed by atoms with Crippen LogP contribution < -0.4 is 0 Å². The molecular formula is C7H13NO. The predicted octanol–water partition coefficient (Wildman–Crippen LogP) is 2.05. The molecule has 0 spiro atoms. The third kappa shape index (κ3) is 3.76. The highest BCUT2D eigenvalue weighted by Gasteiger charge is 2.11. The average molecular weight is 127 g/mol. The second-order valence-corrected chi connectivity index (χ2v) is 2.73. The van der Waals surface area contributed by atoms with Gasteiger partial charge >= 0.3 is 0 Å². The number of allylic oxidation sites excluding steroid dienone is 1. The fourth-order valence-electron chi connectivity index (χ4n) is 0.581. The molecule has 0 radical (unpaired) electrons. The van der Waals surface area contributed by atoms with E-state index in [0.717, 1.165) is 6.42 Å². The predicted molar refractivity (Wildman–Crippen MR) is 38.9 cm³/mol. The van der Waals surface area contributed by atoms with E-state index < -0.39 is 0 Å². The minimum Gasteiger partial charge on any atom is -0.411 e. The van der Waals surface area contributed by atoms with Gasteiger partial charge in [0.05, 0.1) is 0 Å². The van der Waals surface area contributed by atoms with Crippen molar-refractivity contribution in [3.8, 4) is 0 Å². The molecule has 0 aliphatic carbocycles. The van der Waals surface area contributed by atoms with Gasteiger partial charge in [0.25, 0.3) is 0 Å². The molecule has 52 valence electrons. The molecule has 0 saturated carbocycles. The van der Waals surface area contributed by atoms with E-state index in [9.17, 15) is 0 Å². The second-order valence-electron chi connectivity index (χ2n) is 2.73. The molecular weight excluding hydrogens is 114 g/mol. The molecule has 0 aromatic rings. The maximum atomic E-state index is 8.16. The summed E-state index contributed by atoms with van der Waals surface area (Å²) in [4.78, 5) is 0. The van der Waals surface area contributed by atoms with E-state index in [4.69, 9.17) is 5.21 Å². The summed E-state index contributed by atoms with van der Waals surface area (Å²) in [6, 6.07) is 0. The van der Waals surface area contributed by atoms with Gasteiger partial charge < -0.3 is 5.21 Å². The summed E-state index contributed by atoms with van der Waals surface area (Å²) in [5.74, 6) is 0. The fourth-order valence-corrected chi connectivity index (χ4v) is 0.581. The van der Waals surface area contributed by atoms with Crippen molar-refractivity contribution in [1.29, 1.82) is 0 Å². The minimum absolute atomic E-state index is 0.0590. The Hall–Kier alpha value is -0.790. The summed E-state index contributed by atoms with van der Waals surface area (Å²) >= 11 is 0. The van der Waals surface area contributed by atoms with E-state index in [-0.39, 0.29) is 5.41 Å². The first-order chi connectivity index (χ1) is 4.12. The summed E-state index contributed by atoms with van der Waals surface area (Å²) in [5, 5.41) is 11.1. The van der Waals surface area contributed by atoms with E-state index in [1.807, 2.05) is 19.9 Å². The highest BCUT2D eigenvalue weighted by Crippen LogP contribution is 2.16. The highest BCUT2D eigenvalue weighted by molar-refractivity contribution is 5.63. The lowest BCUT2D eigenvalue weighted by Crippen LogP contribution is -2.10. The fraction of sp³-hybridized carbons (Fsp3) is 0.571. The monoisotopic (exact) mass is 127 g/mol. The van der Waals surface area contributed by atoms with Crippen LogP contribution in [-0.2, 0) is 0 Å². The lowest BCUT2D eigenvalue weighted by Gasteiger charge is -2.14. The van der Waals surface area contributed by atoms with Gasteiger partial charge in [-0.05, 0) is 6.42 Å². The van der Waals surface area contributed by atoms with Crippen LogP contribution in [0.5, 0.6) is 0 Å². The Morgan fingerprint density at radius 1 is 1.67 bits per heavy atom. The first-order valence-corrected chi connectivity index (χ1v) is 2.92. The molecule has 0 aromatic heterocycles. The Balaban J connectivity index is 3.84. The van der Waals surface area contributed by atoms with E-state index >= 15 is 0 Å². The van der Waals surface area contributed by atoms with Crippen molar-refractivity contribution in [3.05, 3.63) is 12.7 Å². The van der Waals surface area contributed by atoms with Gasteiger partial charge in [-0.1, -0.05) is 19.9 Å². The third-order valence-corrected chi connectivity index (χ3v) is 1.08. The molecule has 0 aliphatic rings. The summed E-state index contributed by atoms with van der Waals surface area (Å²) in [7, 11) is 0. The number of rotatable bonds is 3. The van der Waals surface area contributed by atoms with Gasteiger partial charge in [0.15, 0.2) is 0 Å². The van der Waals surface area contributed by atoms with Gasteiger partial charge in [0, 0.05) is 11.6 Å². The van der Waals surface area contributed by atoms with Crippen molar-refractivity contribution in [2.45, 2.75) is 20.3 Å². The summed E-state index contributed by atoms with van der Waals surface area (Å²) in [6.07, 6.45) is 4.15. The molecule has 0 unspecified atom stereocenters. The molecule has 0 saturated heterocycles. The molecule has 2 heteroatoms. The van der Waals surface area contributed by atoms with Crippen LogP contribution in [0.15, 0.2) is 17.8 Å². The Kier molecular flexibility index (Phi) is 2.99. The van der Waals surface area contributed by atoms with Crippen molar-refractivity contribution in [1.82, 2.24) is 0 Å². The quantitative estimate of drug-likeness (QED) is 0.267. The van der Waals surface area contributed by atoms with Crippen LogP contribution in [0, 0.1) is 5.41 Å². The van der Waals surface area contributed by atoms with Crippen LogP contribution in [0.4, 0.5) is 0 Å². The lowest BCUT2D eigenvalue weighted by molar-refractivity contribution is 0.313. The van der Waals surface area contributed by atoms with Crippen molar-refractivity contribution in [2.24, 2.45) is 10.6 Å². The van der Waals surface area contributed by atoms with Gasteiger partial charge in [-0.25, -0.2) is 0 Å². The second kappa shape index (κ2) is 3.28. The molecule has 1 N–H and O–H groups in total. The van der Waals surface area contributed by atoms with Crippen LogP contribution in [-0.4, -0.2) is 11.4 Å². The van der Waals surface area contributed by atoms with Crippen LogP contribution in [0.3, 0.4) is 0 Å². The first-order valence-electron chi connectivity index (χ1n) is 2.92. The van der Waals surface area contributed by atoms with Crippen molar-refractivity contribution in [2.75, 3.05) is 0 Å². The average Bonchev–Trinajstić information content (AvgIpc) is 1.64. The maximum absolute atomic E-state index is 8.16. The summed E-state index contributed by atoms with van der Waals surface area (Å²) in [5.41, 5.74) is -0.0590. The van der Waals surface area contributed by atoms with E-state index in [1.54, 1.807) is 0 Å². The number of oxime groups is 1. The van der Waals surface area contributed by atoms with Crippen molar-refractivity contribution < 1.29 is 5.21 Å². The smallest absolute Gasteiger partial charge is 0.0495 e. The number of hydrogen-bond acceptors (Lipinski definition) is 2. The molecule has 9 heavy (non-hydrogen) atoms. The molecule has 0 fully saturated rings. The number of nitrogens with zero attached hydrogens (tertiary/aromatic N) is 1. The Labute approximate surface area is 55.9 Å². The Morgan fingerprint density at radius 2 is 2.22 bits per heavy atom. The molecule has 0 heterocycles. The maximum Gasteiger partial charge on any atom is 0.0495 e. The molecule has 0 aliphatic heterocycles. The van der Waals surface area contributed by atoms with Gasteiger partial charge in [0.1, 0.15) is 0 Å².